The van der Waals surface area contributed by atoms with E-state index in [9.17, 15) is 15.2 Å². The summed E-state index contributed by atoms with van der Waals surface area (Å²) in [5.74, 6) is 1.14. The molecular formula is C16H17N3O3. The molecule has 6 heteroatoms. The molecule has 0 aliphatic carbocycles. The van der Waals surface area contributed by atoms with Gasteiger partial charge in [-0.25, -0.2) is 4.98 Å². The van der Waals surface area contributed by atoms with Gasteiger partial charge in [-0.2, -0.15) is 0 Å². The van der Waals surface area contributed by atoms with Crippen molar-refractivity contribution in [2.75, 3.05) is 18.0 Å². The summed E-state index contributed by atoms with van der Waals surface area (Å²) in [7, 11) is 0. The lowest BCUT2D eigenvalue weighted by molar-refractivity contribution is -0.384. The molecule has 0 atom stereocenters. The number of phenolic OH excluding ortho intramolecular Hbond substituents is 1. The van der Waals surface area contributed by atoms with Gasteiger partial charge in [0.25, 0.3) is 0 Å². The number of rotatable bonds is 3. The summed E-state index contributed by atoms with van der Waals surface area (Å²) in [6.45, 7) is 1.48. The van der Waals surface area contributed by atoms with E-state index in [-0.39, 0.29) is 16.4 Å². The zero-order chi connectivity index (χ0) is 15.5. The number of aromatic nitrogens is 1. The van der Waals surface area contributed by atoms with E-state index >= 15 is 0 Å². The summed E-state index contributed by atoms with van der Waals surface area (Å²) >= 11 is 0. The van der Waals surface area contributed by atoms with Crippen LogP contribution in [-0.2, 0) is 0 Å². The Morgan fingerprint density at radius 2 is 1.86 bits per heavy atom. The molecule has 1 aliphatic heterocycles. The van der Waals surface area contributed by atoms with Crippen LogP contribution in [0, 0.1) is 10.1 Å². The van der Waals surface area contributed by atoms with E-state index in [4.69, 9.17) is 0 Å². The minimum absolute atomic E-state index is 0.0607. The third kappa shape index (κ3) is 2.86. The molecule has 0 radical (unpaired) electrons. The maximum Gasteiger partial charge on any atom is 0.311 e. The minimum atomic E-state index is -0.381. The van der Waals surface area contributed by atoms with Crippen molar-refractivity contribution in [1.29, 1.82) is 0 Å². The van der Waals surface area contributed by atoms with Crippen LogP contribution in [0.5, 0.6) is 5.75 Å². The number of hydrogen-bond acceptors (Lipinski definition) is 5. The molecule has 22 heavy (non-hydrogen) atoms. The number of aromatic hydroxyl groups is 1. The van der Waals surface area contributed by atoms with Gasteiger partial charge in [0.1, 0.15) is 5.75 Å². The van der Waals surface area contributed by atoms with Gasteiger partial charge in [-0.05, 0) is 42.5 Å². The summed E-state index contributed by atoms with van der Waals surface area (Å²) in [6.07, 6.45) is 3.42. The number of nitrogens with zero attached hydrogens (tertiary/aromatic N) is 3. The fourth-order valence-corrected chi connectivity index (χ4v) is 2.95. The second-order valence-corrected chi connectivity index (χ2v) is 5.46. The van der Waals surface area contributed by atoms with Gasteiger partial charge in [0.2, 0.25) is 5.82 Å². The molecule has 3 rings (SSSR count). The molecule has 0 spiro atoms. The van der Waals surface area contributed by atoms with E-state index in [1.54, 1.807) is 24.4 Å². The van der Waals surface area contributed by atoms with Crippen LogP contribution < -0.4 is 4.90 Å². The van der Waals surface area contributed by atoms with Crippen LogP contribution >= 0.6 is 0 Å². The number of piperidine rings is 1. The van der Waals surface area contributed by atoms with Crippen LogP contribution in [0.15, 0.2) is 42.6 Å². The molecule has 0 amide bonds. The van der Waals surface area contributed by atoms with Crippen molar-refractivity contribution >= 4 is 11.5 Å². The summed E-state index contributed by atoms with van der Waals surface area (Å²) in [5.41, 5.74) is 1.26. The zero-order valence-corrected chi connectivity index (χ0v) is 12.1. The van der Waals surface area contributed by atoms with Crippen LogP contribution in [0.2, 0.25) is 0 Å². The highest BCUT2D eigenvalue weighted by molar-refractivity contribution is 5.57. The van der Waals surface area contributed by atoms with Crippen LogP contribution in [0.1, 0.15) is 24.3 Å². The first-order valence-corrected chi connectivity index (χ1v) is 7.28. The summed E-state index contributed by atoms with van der Waals surface area (Å²) in [5, 5.41) is 20.4. The number of anilines is 1. The average Bonchev–Trinajstić information content (AvgIpc) is 2.56. The van der Waals surface area contributed by atoms with Crippen molar-refractivity contribution in [3.63, 3.8) is 0 Å². The standard InChI is InChI=1S/C16H17N3O3/c20-14-5-3-12(4-6-14)13-7-10-18(11-8-13)16-15(19(21)22)2-1-9-17-16/h1-6,9,13,20H,7-8,10-11H2. The maximum absolute atomic E-state index is 11.1. The smallest absolute Gasteiger partial charge is 0.311 e. The Hall–Kier alpha value is -2.63. The van der Waals surface area contributed by atoms with Gasteiger partial charge in [-0.15, -0.1) is 0 Å². The Kier molecular flexibility index (Phi) is 3.91. The predicted molar refractivity (Wildman–Crippen MR) is 83.2 cm³/mol. The van der Waals surface area contributed by atoms with E-state index in [1.165, 1.54) is 11.6 Å². The highest BCUT2D eigenvalue weighted by Crippen LogP contribution is 2.33. The molecule has 1 saturated heterocycles. The highest BCUT2D eigenvalue weighted by atomic mass is 16.6. The summed E-state index contributed by atoms with van der Waals surface area (Å²) < 4.78 is 0. The number of benzene rings is 1. The first-order chi connectivity index (χ1) is 10.6. The van der Waals surface area contributed by atoms with Gasteiger partial charge in [-0.1, -0.05) is 12.1 Å². The fraction of sp³-hybridized carbons (Fsp3) is 0.312. The molecule has 1 N–H and O–H groups in total. The van der Waals surface area contributed by atoms with E-state index in [1.807, 2.05) is 17.0 Å². The van der Waals surface area contributed by atoms with Crippen molar-refractivity contribution in [3.8, 4) is 5.75 Å². The van der Waals surface area contributed by atoms with Gasteiger partial charge in [0, 0.05) is 25.4 Å². The largest absolute Gasteiger partial charge is 0.508 e. The van der Waals surface area contributed by atoms with Crippen molar-refractivity contribution in [3.05, 3.63) is 58.3 Å². The molecule has 1 aromatic heterocycles. The number of hydrogen-bond donors (Lipinski definition) is 1. The molecule has 0 unspecified atom stereocenters. The Balaban J connectivity index is 1.72. The number of pyridine rings is 1. The van der Waals surface area contributed by atoms with E-state index < -0.39 is 0 Å². The molecule has 2 aromatic rings. The summed E-state index contributed by atoms with van der Waals surface area (Å²) in [4.78, 5) is 16.9. The monoisotopic (exact) mass is 299 g/mol. The predicted octanol–water partition coefficient (Wildman–Crippen LogP) is 3.08. The number of phenols is 1. The van der Waals surface area contributed by atoms with E-state index in [2.05, 4.69) is 4.98 Å². The quantitative estimate of drug-likeness (QED) is 0.696. The van der Waals surface area contributed by atoms with Gasteiger partial charge < -0.3 is 10.0 Å². The zero-order valence-electron chi connectivity index (χ0n) is 12.1. The lowest BCUT2D eigenvalue weighted by atomic mass is 9.89. The Morgan fingerprint density at radius 1 is 1.18 bits per heavy atom. The Labute approximate surface area is 128 Å². The van der Waals surface area contributed by atoms with Gasteiger partial charge >= 0.3 is 5.69 Å². The van der Waals surface area contributed by atoms with E-state index in [0.717, 1.165) is 25.9 Å². The Morgan fingerprint density at radius 3 is 2.50 bits per heavy atom. The van der Waals surface area contributed by atoms with Crippen molar-refractivity contribution in [2.45, 2.75) is 18.8 Å². The van der Waals surface area contributed by atoms with Crippen LogP contribution in [-0.4, -0.2) is 28.1 Å². The van der Waals surface area contributed by atoms with Crippen LogP contribution in [0.4, 0.5) is 11.5 Å². The summed E-state index contributed by atoms with van der Waals surface area (Å²) in [6, 6.07) is 10.4. The molecule has 6 nitrogen and oxygen atoms in total. The molecule has 1 aromatic carbocycles. The highest BCUT2D eigenvalue weighted by Gasteiger charge is 2.26. The molecular weight excluding hydrogens is 282 g/mol. The first-order valence-electron chi connectivity index (χ1n) is 7.28. The third-order valence-electron chi connectivity index (χ3n) is 4.12. The molecule has 114 valence electrons. The lowest BCUT2D eigenvalue weighted by Gasteiger charge is -2.32. The normalized spacial score (nSPS) is 15.7. The molecule has 1 fully saturated rings. The first kappa shape index (κ1) is 14.3. The maximum atomic E-state index is 11.1. The van der Waals surface area contributed by atoms with Crippen molar-refractivity contribution in [1.82, 2.24) is 4.98 Å². The van der Waals surface area contributed by atoms with Crippen molar-refractivity contribution in [2.24, 2.45) is 0 Å². The lowest BCUT2D eigenvalue weighted by Crippen LogP contribution is -2.33. The van der Waals surface area contributed by atoms with E-state index in [0.29, 0.717) is 11.7 Å². The van der Waals surface area contributed by atoms with Crippen LogP contribution in [0.25, 0.3) is 0 Å². The molecule has 0 saturated carbocycles. The average molecular weight is 299 g/mol. The molecule has 0 bridgehead atoms. The minimum Gasteiger partial charge on any atom is -0.508 e. The number of nitro groups is 1. The SMILES string of the molecule is O=[N+]([O-])c1cccnc1N1CCC(c2ccc(O)cc2)CC1. The molecule has 1 aliphatic rings. The Bertz CT molecular complexity index is 665. The second-order valence-electron chi connectivity index (χ2n) is 5.46. The molecule has 2 heterocycles. The van der Waals surface area contributed by atoms with Gasteiger partial charge in [0.15, 0.2) is 0 Å². The van der Waals surface area contributed by atoms with Gasteiger partial charge in [-0.3, -0.25) is 10.1 Å². The fourth-order valence-electron chi connectivity index (χ4n) is 2.95. The van der Waals surface area contributed by atoms with Crippen molar-refractivity contribution < 1.29 is 10.0 Å². The van der Waals surface area contributed by atoms with Gasteiger partial charge in [0.05, 0.1) is 4.92 Å². The third-order valence-corrected chi connectivity index (χ3v) is 4.12. The topological polar surface area (TPSA) is 79.5 Å². The second kappa shape index (κ2) is 6.01. The van der Waals surface area contributed by atoms with Crippen LogP contribution in [0.3, 0.4) is 0 Å².